The van der Waals surface area contributed by atoms with Crippen LogP contribution in [0.4, 0.5) is 0 Å². The molecule has 94 valence electrons. The van der Waals surface area contributed by atoms with Gasteiger partial charge in [0.2, 0.25) is 5.91 Å². The average Bonchev–Trinajstić information content (AvgIpc) is 2.76. The number of aliphatic hydroxyl groups excluding tert-OH is 1. The van der Waals surface area contributed by atoms with Crippen molar-refractivity contribution in [1.29, 1.82) is 0 Å². The number of amides is 1. The minimum absolute atomic E-state index is 0.107. The average molecular weight is 228 g/mol. The second kappa shape index (κ2) is 6.21. The van der Waals surface area contributed by atoms with Gasteiger partial charge in [0.15, 0.2) is 0 Å². The summed E-state index contributed by atoms with van der Waals surface area (Å²) in [6.45, 7) is 8.53. The number of nitrogens with zero attached hydrogens (tertiary/aromatic N) is 2. The van der Waals surface area contributed by atoms with Crippen molar-refractivity contribution in [2.75, 3.05) is 26.2 Å². The molecule has 0 aromatic rings. The Morgan fingerprint density at radius 3 is 2.31 bits per heavy atom. The first-order chi connectivity index (χ1) is 7.57. The molecule has 1 fully saturated rings. The van der Waals surface area contributed by atoms with Crippen LogP contribution in [0.3, 0.4) is 0 Å². The summed E-state index contributed by atoms with van der Waals surface area (Å²) in [4.78, 5) is 16.2. The lowest BCUT2D eigenvalue weighted by Crippen LogP contribution is -2.49. The molecule has 0 aromatic heterocycles. The lowest BCUT2D eigenvalue weighted by atomic mass is 10.2. The lowest BCUT2D eigenvalue weighted by Gasteiger charge is -2.33. The molecule has 1 saturated heterocycles. The number of aliphatic hydroxyl groups is 1. The number of hydrogen-bond donors (Lipinski definition) is 1. The second-order valence-corrected chi connectivity index (χ2v) is 4.76. The Balaban J connectivity index is 2.58. The van der Waals surface area contributed by atoms with E-state index in [4.69, 9.17) is 5.11 Å². The minimum atomic E-state index is -0.120. The molecule has 0 radical (unpaired) electrons. The van der Waals surface area contributed by atoms with Gasteiger partial charge in [-0.2, -0.15) is 0 Å². The van der Waals surface area contributed by atoms with Crippen molar-refractivity contribution in [3.05, 3.63) is 0 Å². The van der Waals surface area contributed by atoms with E-state index in [1.54, 1.807) is 0 Å². The monoisotopic (exact) mass is 228 g/mol. The highest BCUT2D eigenvalue weighted by Gasteiger charge is 2.28. The molecule has 1 unspecified atom stereocenters. The van der Waals surface area contributed by atoms with Crippen LogP contribution in [0, 0.1) is 0 Å². The van der Waals surface area contributed by atoms with Gasteiger partial charge < -0.3 is 10.0 Å². The fourth-order valence-corrected chi connectivity index (χ4v) is 2.36. The predicted molar refractivity (Wildman–Crippen MR) is 64.2 cm³/mol. The third-order valence-corrected chi connectivity index (χ3v) is 3.29. The summed E-state index contributed by atoms with van der Waals surface area (Å²) in [5.74, 6) is 0.208. The number of rotatable bonds is 5. The molecule has 4 nitrogen and oxygen atoms in total. The van der Waals surface area contributed by atoms with E-state index in [9.17, 15) is 4.79 Å². The molecule has 1 atom stereocenters. The Morgan fingerprint density at radius 2 is 1.88 bits per heavy atom. The zero-order valence-corrected chi connectivity index (χ0v) is 10.6. The zero-order chi connectivity index (χ0) is 12.1. The van der Waals surface area contributed by atoms with Crippen LogP contribution in [0.25, 0.3) is 0 Å². The molecule has 1 heterocycles. The molecular weight excluding hydrogens is 204 g/mol. The van der Waals surface area contributed by atoms with E-state index >= 15 is 0 Å². The maximum absolute atomic E-state index is 12.2. The summed E-state index contributed by atoms with van der Waals surface area (Å²) in [6.07, 6.45) is 2.25. The van der Waals surface area contributed by atoms with Gasteiger partial charge in [-0.05, 0) is 33.6 Å². The topological polar surface area (TPSA) is 43.8 Å². The van der Waals surface area contributed by atoms with Crippen molar-refractivity contribution in [1.82, 2.24) is 9.80 Å². The highest BCUT2D eigenvalue weighted by molar-refractivity contribution is 5.81. The molecule has 0 saturated carbocycles. The Kier molecular flexibility index (Phi) is 5.22. The molecule has 1 aliphatic rings. The normalized spacial score (nSPS) is 18.5. The van der Waals surface area contributed by atoms with Crippen molar-refractivity contribution in [3.8, 4) is 0 Å². The van der Waals surface area contributed by atoms with Gasteiger partial charge in [-0.3, -0.25) is 9.69 Å². The molecule has 0 aliphatic carbocycles. The van der Waals surface area contributed by atoms with Crippen LogP contribution in [0.5, 0.6) is 0 Å². The van der Waals surface area contributed by atoms with Crippen molar-refractivity contribution in [3.63, 3.8) is 0 Å². The first-order valence-corrected chi connectivity index (χ1v) is 6.23. The van der Waals surface area contributed by atoms with Crippen LogP contribution >= 0.6 is 0 Å². The van der Waals surface area contributed by atoms with Crippen LogP contribution < -0.4 is 0 Å². The van der Waals surface area contributed by atoms with Crippen LogP contribution in [0.2, 0.25) is 0 Å². The predicted octanol–water partition coefficient (Wildman–Crippen LogP) is 0.700. The van der Waals surface area contributed by atoms with Crippen molar-refractivity contribution in [2.45, 2.75) is 45.7 Å². The highest BCUT2D eigenvalue weighted by Crippen LogP contribution is 2.13. The van der Waals surface area contributed by atoms with Gasteiger partial charge in [-0.15, -0.1) is 0 Å². The maximum Gasteiger partial charge on any atom is 0.239 e. The van der Waals surface area contributed by atoms with E-state index in [2.05, 4.69) is 18.7 Å². The van der Waals surface area contributed by atoms with Gasteiger partial charge in [-0.25, -0.2) is 0 Å². The van der Waals surface area contributed by atoms with Gasteiger partial charge >= 0.3 is 0 Å². The molecule has 0 bridgehead atoms. The molecule has 4 heteroatoms. The molecule has 1 aliphatic heterocycles. The SMILES string of the molecule is CC(C)N(CCO)C(C)C(=O)N1CCCC1. The Labute approximate surface area is 98.2 Å². The largest absolute Gasteiger partial charge is 0.395 e. The van der Waals surface area contributed by atoms with E-state index in [1.165, 1.54) is 0 Å². The van der Waals surface area contributed by atoms with Crippen molar-refractivity contribution >= 4 is 5.91 Å². The van der Waals surface area contributed by atoms with Gasteiger partial charge in [0.1, 0.15) is 0 Å². The Hall–Kier alpha value is -0.610. The third kappa shape index (κ3) is 3.19. The van der Waals surface area contributed by atoms with E-state index in [0.717, 1.165) is 25.9 Å². The molecular formula is C12H24N2O2. The Bertz CT molecular complexity index is 225. The van der Waals surface area contributed by atoms with E-state index in [-0.39, 0.29) is 24.6 Å². The van der Waals surface area contributed by atoms with Crippen molar-refractivity contribution < 1.29 is 9.90 Å². The summed E-state index contributed by atoms with van der Waals surface area (Å²) in [5, 5.41) is 9.01. The molecule has 0 aromatic carbocycles. The standard InChI is InChI=1S/C12H24N2O2/c1-10(2)14(8-9-15)11(3)12(16)13-6-4-5-7-13/h10-11,15H,4-9H2,1-3H3. The van der Waals surface area contributed by atoms with E-state index < -0.39 is 0 Å². The summed E-state index contributed by atoms with van der Waals surface area (Å²) < 4.78 is 0. The first kappa shape index (κ1) is 13.5. The highest BCUT2D eigenvalue weighted by atomic mass is 16.3. The summed E-state index contributed by atoms with van der Waals surface area (Å²) in [5.41, 5.74) is 0. The van der Waals surface area contributed by atoms with Crippen LogP contribution in [0.1, 0.15) is 33.6 Å². The smallest absolute Gasteiger partial charge is 0.239 e. The number of likely N-dealkylation sites (tertiary alicyclic amines) is 1. The summed E-state index contributed by atoms with van der Waals surface area (Å²) in [6, 6.07) is 0.166. The van der Waals surface area contributed by atoms with Gasteiger partial charge in [-0.1, -0.05) is 0 Å². The fourth-order valence-electron chi connectivity index (χ4n) is 2.36. The third-order valence-electron chi connectivity index (χ3n) is 3.29. The van der Waals surface area contributed by atoms with Crippen LogP contribution in [-0.4, -0.2) is 59.1 Å². The number of carbonyl (C=O) groups excluding carboxylic acids is 1. The first-order valence-electron chi connectivity index (χ1n) is 6.23. The second-order valence-electron chi connectivity index (χ2n) is 4.76. The van der Waals surface area contributed by atoms with Crippen molar-refractivity contribution in [2.24, 2.45) is 0 Å². The minimum Gasteiger partial charge on any atom is -0.395 e. The van der Waals surface area contributed by atoms with E-state index in [0.29, 0.717) is 6.54 Å². The van der Waals surface area contributed by atoms with Crippen LogP contribution in [0.15, 0.2) is 0 Å². The quantitative estimate of drug-likeness (QED) is 0.753. The lowest BCUT2D eigenvalue weighted by molar-refractivity contribution is -0.136. The van der Waals surface area contributed by atoms with Crippen LogP contribution in [-0.2, 0) is 4.79 Å². The van der Waals surface area contributed by atoms with Gasteiger partial charge in [0, 0.05) is 25.7 Å². The van der Waals surface area contributed by atoms with E-state index in [1.807, 2.05) is 11.8 Å². The zero-order valence-electron chi connectivity index (χ0n) is 10.6. The molecule has 16 heavy (non-hydrogen) atoms. The maximum atomic E-state index is 12.2. The molecule has 1 amide bonds. The Morgan fingerprint density at radius 1 is 1.31 bits per heavy atom. The fraction of sp³-hybridized carbons (Fsp3) is 0.917. The summed E-state index contributed by atoms with van der Waals surface area (Å²) >= 11 is 0. The molecule has 1 rings (SSSR count). The molecule has 0 spiro atoms. The number of hydrogen-bond acceptors (Lipinski definition) is 3. The number of carbonyl (C=O) groups is 1. The molecule has 1 N–H and O–H groups in total. The van der Waals surface area contributed by atoms with Gasteiger partial charge in [0.05, 0.1) is 12.6 Å². The summed E-state index contributed by atoms with van der Waals surface area (Å²) in [7, 11) is 0. The van der Waals surface area contributed by atoms with Gasteiger partial charge in [0.25, 0.3) is 0 Å².